The van der Waals surface area contributed by atoms with E-state index in [-0.39, 0.29) is 11.1 Å². The molecule has 0 unspecified atom stereocenters. The van der Waals surface area contributed by atoms with Crippen molar-refractivity contribution in [2.45, 2.75) is 82.5 Å². The van der Waals surface area contributed by atoms with E-state index in [0.29, 0.717) is 12.1 Å². The van der Waals surface area contributed by atoms with E-state index >= 15 is 0 Å². The quantitative estimate of drug-likeness (QED) is 0.266. The fourth-order valence-corrected chi connectivity index (χ4v) is 6.63. The standard InChI is InChI=1S/C28H38BrN3O2SSi/c1-28(2,3)36(5,6)34-23-13-11-22(12-14-23)33-26-24(29)15-10-20-17-30-27(32-25(20)26)31-21-9-7-8-19(16-21)18-35-4/h7-10,15-17,22-23H,11-14,18H2,1-6H3,(H,30,31,32). The molecule has 1 saturated carbocycles. The molecule has 0 bridgehead atoms. The van der Waals surface area contributed by atoms with Crippen LogP contribution in [0.5, 0.6) is 5.75 Å². The van der Waals surface area contributed by atoms with Crippen LogP contribution in [0.1, 0.15) is 52.0 Å². The Morgan fingerprint density at radius 3 is 2.50 bits per heavy atom. The summed E-state index contributed by atoms with van der Waals surface area (Å²) in [5.74, 6) is 2.34. The van der Waals surface area contributed by atoms with Crippen LogP contribution in [0.2, 0.25) is 18.1 Å². The Labute approximate surface area is 229 Å². The van der Waals surface area contributed by atoms with Crippen molar-refractivity contribution in [1.29, 1.82) is 0 Å². The molecule has 36 heavy (non-hydrogen) atoms. The molecule has 0 atom stereocenters. The van der Waals surface area contributed by atoms with Crippen molar-refractivity contribution in [3.63, 3.8) is 0 Å². The molecule has 194 valence electrons. The average molecular weight is 589 g/mol. The van der Waals surface area contributed by atoms with Gasteiger partial charge < -0.3 is 14.5 Å². The molecule has 1 aromatic heterocycles. The zero-order valence-corrected chi connectivity index (χ0v) is 25.6. The summed E-state index contributed by atoms with van der Waals surface area (Å²) in [7, 11) is -1.75. The molecule has 8 heteroatoms. The van der Waals surface area contributed by atoms with E-state index < -0.39 is 8.32 Å². The zero-order valence-electron chi connectivity index (χ0n) is 22.2. The van der Waals surface area contributed by atoms with Gasteiger partial charge in [-0.15, -0.1) is 0 Å². The summed E-state index contributed by atoms with van der Waals surface area (Å²) in [4.78, 5) is 9.41. The predicted molar refractivity (Wildman–Crippen MR) is 159 cm³/mol. The lowest BCUT2D eigenvalue weighted by Gasteiger charge is -2.41. The van der Waals surface area contributed by atoms with Crippen molar-refractivity contribution in [3.8, 4) is 5.75 Å². The van der Waals surface area contributed by atoms with Gasteiger partial charge in [-0.2, -0.15) is 11.8 Å². The molecule has 0 saturated heterocycles. The predicted octanol–water partition coefficient (Wildman–Crippen LogP) is 8.71. The van der Waals surface area contributed by atoms with Crippen LogP contribution < -0.4 is 10.1 Å². The maximum absolute atomic E-state index is 6.68. The molecule has 1 heterocycles. The molecule has 5 nitrogen and oxygen atoms in total. The van der Waals surface area contributed by atoms with Gasteiger partial charge in [-0.1, -0.05) is 32.9 Å². The van der Waals surface area contributed by atoms with Crippen molar-refractivity contribution in [2.24, 2.45) is 0 Å². The zero-order chi connectivity index (χ0) is 25.9. The minimum atomic E-state index is -1.75. The molecule has 1 fully saturated rings. The average Bonchev–Trinajstić information content (AvgIpc) is 2.82. The number of benzene rings is 2. The second-order valence-electron chi connectivity index (χ2n) is 11.2. The Morgan fingerprint density at radius 2 is 1.81 bits per heavy atom. The molecule has 0 aliphatic heterocycles. The van der Waals surface area contributed by atoms with Crippen LogP contribution in [0.3, 0.4) is 0 Å². The first-order valence-electron chi connectivity index (χ1n) is 12.7. The Balaban J connectivity index is 1.48. The normalized spacial score (nSPS) is 18.9. The molecule has 1 N–H and O–H groups in total. The number of aromatic nitrogens is 2. The molecule has 0 radical (unpaired) electrons. The van der Waals surface area contributed by atoms with Gasteiger partial charge in [-0.25, -0.2) is 9.97 Å². The van der Waals surface area contributed by atoms with E-state index in [2.05, 4.69) is 84.6 Å². The third kappa shape index (κ3) is 6.63. The van der Waals surface area contributed by atoms with Gasteiger partial charge in [-0.3, -0.25) is 0 Å². The maximum Gasteiger partial charge on any atom is 0.227 e. The van der Waals surface area contributed by atoms with Crippen LogP contribution in [0, 0.1) is 0 Å². The number of halogens is 1. The highest BCUT2D eigenvalue weighted by atomic mass is 79.9. The number of fused-ring (bicyclic) bond motifs is 1. The third-order valence-electron chi connectivity index (χ3n) is 7.33. The summed E-state index contributed by atoms with van der Waals surface area (Å²) < 4.78 is 14.2. The van der Waals surface area contributed by atoms with Gasteiger partial charge in [0.2, 0.25) is 5.95 Å². The first-order valence-corrected chi connectivity index (χ1v) is 17.8. The molecule has 2 aromatic carbocycles. The number of ether oxygens (including phenoxy) is 1. The topological polar surface area (TPSA) is 56.3 Å². The van der Waals surface area contributed by atoms with Crippen LogP contribution in [-0.2, 0) is 10.2 Å². The minimum Gasteiger partial charge on any atom is -0.487 e. The van der Waals surface area contributed by atoms with Crippen LogP contribution >= 0.6 is 27.7 Å². The summed E-state index contributed by atoms with van der Waals surface area (Å²) in [6, 6.07) is 12.4. The number of anilines is 2. The van der Waals surface area contributed by atoms with Crippen molar-refractivity contribution in [1.82, 2.24) is 9.97 Å². The van der Waals surface area contributed by atoms with Gasteiger partial charge in [0.05, 0.1) is 10.6 Å². The van der Waals surface area contributed by atoms with Crippen LogP contribution in [0.4, 0.5) is 11.6 Å². The first-order chi connectivity index (χ1) is 17.1. The summed E-state index contributed by atoms with van der Waals surface area (Å²) >= 11 is 5.52. The fraction of sp³-hybridized carbons (Fsp3) is 0.500. The van der Waals surface area contributed by atoms with E-state index in [0.717, 1.165) is 58.2 Å². The Hall–Kier alpha value is -1.61. The van der Waals surface area contributed by atoms with Crippen LogP contribution in [0.25, 0.3) is 10.9 Å². The smallest absolute Gasteiger partial charge is 0.227 e. The van der Waals surface area contributed by atoms with Crippen molar-refractivity contribution in [3.05, 3.63) is 52.6 Å². The Morgan fingerprint density at radius 1 is 1.08 bits per heavy atom. The summed E-state index contributed by atoms with van der Waals surface area (Å²) in [5.41, 5.74) is 3.08. The fourth-order valence-electron chi connectivity index (χ4n) is 4.28. The third-order valence-corrected chi connectivity index (χ3v) is 13.1. The van der Waals surface area contributed by atoms with Crippen molar-refractivity contribution in [2.75, 3.05) is 11.6 Å². The van der Waals surface area contributed by atoms with Gasteiger partial charge in [0.1, 0.15) is 5.52 Å². The molecule has 1 aliphatic rings. The van der Waals surface area contributed by atoms with Gasteiger partial charge in [0.25, 0.3) is 0 Å². The van der Waals surface area contributed by atoms with E-state index in [1.807, 2.05) is 36.2 Å². The van der Waals surface area contributed by atoms with Crippen molar-refractivity contribution >= 4 is 58.5 Å². The number of hydrogen-bond acceptors (Lipinski definition) is 6. The number of thioether (sulfide) groups is 1. The highest BCUT2D eigenvalue weighted by Gasteiger charge is 2.40. The second-order valence-corrected chi connectivity index (χ2v) is 17.6. The summed E-state index contributed by atoms with van der Waals surface area (Å²) in [6.45, 7) is 11.6. The highest BCUT2D eigenvalue weighted by Crippen LogP contribution is 2.40. The van der Waals surface area contributed by atoms with E-state index in [1.54, 1.807) is 0 Å². The molecule has 3 aromatic rings. The monoisotopic (exact) mass is 587 g/mol. The Kier molecular flexibility index (Phi) is 8.70. The van der Waals surface area contributed by atoms with Gasteiger partial charge >= 0.3 is 0 Å². The van der Waals surface area contributed by atoms with Crippen LogP contribution in [-0.4, -0.2) is 36.7 Å². The van der Waals surface area contributed by atoms with E-state index in [1.165, 1.54) is 5.56 Å². The van der Waals surface area contributed by atoms with E-state index in [9.17, 15) is 0 Å². The molecule has 0 amide bonds. The number of nitrogens with one attached hydrogen (secondary N) is 1. The molecular formula is C28H38BrN3O2SSi. The largest absolute Gasteiger partial charge is 0.487 e. The SMILES string of the molecule is CSCc1cccc(Nc2ncc3ccc(Br)c(OC4CCC(O[Si](C)(C)C(C)(C)C)CC4)c3n2)c1. The minimum absolute atomic E-state index is 0.153. The molecule has 0 spiro atoms. The Bertz CT molecular complexity index is 1190. The van der Waals surface area contributed by atoms with Crippen LogP contribution in [0.15, 0.2) is 47.1 Å². The number of nitrogens with zero attached hydrogens (tertiary/aromatic N) is 2. The molecule has 1 aliphatic carbocycles. The number of hydrogen-bond donors (Lipinski definition) is 1. The summed E-state index contributed by atoms with van der Waals surface area (Å²) in [6.07, 6.45) is 8.50. The maximum atomic E-state index is 6.68. The van der Waals surface area contributed by atoms with Gasteiger partial charge in [0.15, 0.2) is 14.1 Å². The highest BCUT2D eigenvalue weighted by molar-refractivity contribution is 9.10. The number of rotatable bonds is 8. The lowest BCUT2D eigenvalue weighted by molar-refractivity contribution is 0.0729. The van der Waals surface area contributed by atoms with Crippen molar-refractivity contribution < 1.29 is 9.16 Å². The van der Waals surface area contributed by atoms with Gasteiger partial charge in [0, 0.05) is 29.1 Å². The van der Waals surface area contributed by atoms with E-state index in [4.69, 9.17) is 14.1 Å². The lowest BCUT2D eigenvalue weighted by Crippen LogP contribution is -2.45. The second kappa shape index (κ2) is 11.4. The molecular weight excluding hydrogens is 550 g/mol. The lowest BCUT2D eigenvalue weighted by atomic mass is 9.95. The first kappa shape index (κ1) is 27.4. The van der Waals surface area contributed by atoms with Gasteiger partial charge in [-0.05, 0) is 95.8 Å². The molecule has 4 rings (SSSR count). The summed E-state index contributed by atoms with van der Waals surface area (Å²) in [5, 5.41) is 4.56.